The van der Waals surface area contributed by atoms with E-state index < -0.39 is 19.4 Å². The third kappa shape index (κ3) is 3.55. The number of H-pyrrole nitrogens is 1. The van der Waals surface area contributed by atoms with Crippen LogP contribution in [0.1, 0.15) is 25.8 Å². The Morgan fingerprint density at radius 3 is 2.70 bits per heavy atom. The standard InChI is InChI=1S/C9H7.C5H6N2O.2ClH.Ti/c1-2-5-9-7-3-6-8(9)4-1;6-5(8)4-2-1-3-7-4;;;/h1-7H;1-3H,(H3,6,7,8);2*1H;/q;;;;+3/p-3. The number of carbonyl (C=O) groups is 1. The number of hydrogen-bond acceptors (Lipinski definition) is 1. The Morgan fingerprint density at radius 2 is 1.95 bits per heavy atom. The van der Waals surface area contributed by atoms with Crippen molar-refractivity contribution in [2.75, 3.05) is 0 Å². The van der Waals surface area contributed by atoms with Gasteiger partial charge in [-0.05, 0) is 0 Å². The van der Waals surface area contributed by atoms with Gasteiger partial charge in [0.15, 0.2) is 0 Å². The van der Waals surface area contributed by atoms with Crippen LogP contribution in [-0.2, 0) is 19.4 Å². The first-order chi connectivity index (χ1) is 8.84. The predicted octanol–water partition coefficient (Wildman–Crippen LogP) is -3.48. The number of carbonyl (C=O) groups excluding carboxylic acids is 1. The van der Waals surface area contributed by atoms with Crippen molar-refractivity contribution >= 4 is 12.0 Å². The van der Waals surface area contributed by atoms with Gasteiger partial charge < -0.3 is 24.8 Å². The van der Waals surface area contributed by atoms with Crippen LogP contribution < -0.4 is 28.6 Å². The van der Waals surface area contributed by atoms with Gasteiger partial charge in [-0.3, -0.25) is 0 Å². The first-order valence-corrected chi connectivity index (χ1v) is 7.49. The van der Waals surface area contributed by atoms with Crippen molar-refractivity contribution < 1.29 is 49.0 Å². The monoisotopic (exact) mass is 342 g/mol. The molecule has 20 heavy (non-hydrogen) atoms. The maximum Gasteiger partial charge on any atom is -1.00 e. The second kappa shape index (κ2) is 7.70. The van der Waals surface area contributed by atoms with E-state index >= 15 is 0 Å². The number of halogens is 2. The maximum absolute atomic E-state index is 11.8. The zero-order chi connectivity index (χ0) is 12.4. The molecule has 0 aliphatic heterocycles. The molecule has 2 aromatic rings. The number of aromatic amines is 1. The molecule has 0 fully saturated rings. The van der Waals surface area contributed by atoms with E-state index in [-0.39, 0.29) is 30.7 Å². The minimum atomic E-state index is -0.564. The summed E-state index contributed by atoms with van der Waals surface area (Å²) in [5, 5.41) is 0. The summed E-state index contributed by atoms with van der Waals surface area (Å²) in [6.45, 7) is 0. The van der Waals surface area contributed by atoms with Gasteiger partial charge in [-0.15, -0.1) is 0 Å². The van der Waals surface area contributed by atoms with Crippen LogP contribution >= 0.6 is 0 Å². The van der Waals surface area contributed by atoms with Crippen molar-refractivity contribution in [3.05, 3.63) is 65.5 Å². The van der Waals surface area contributed by atoms with Crippen molar-refractivity contribution in [1.82, 2.24) is 8.78 Å². The van der Waals surface area contributed by atoms with E-state index in [2.05, 4.69) is 39.1 Å². The third-order valence-electron chi connectivity index (χ3n) is 2.98. The van der Waals surface area contributed by atoms with Gasteiger partial charge in [-0.25, -0.2) is 0 Å². The van der Waals surface area contributed by atoms with Crippen LogP contribution in [0.3, 0.4) is 0 Å². The molecule has 6 heteroatoms. The smallest absolute Gasteiger partial charge is 1.00 e. The molecule has 0 bridgehead atoms. The average molecular weight is 343 g/mol. The number of fused-ring (bicyclic) bond motifs is 1. The van der Waals surface area contributed by atoms with E-state index in [1.807, 2.05) is 12.1 Å². The molecule has 1 atom stereocenters. The number of amides is 1. The van der Waals surface area contributed by atoms with Gasteiger partial charge in [0.25, 0.3) is 0 Å². The average Bonchev–Trinajstić information content (AvgIpc) is 3.06. The molecule has 1 aromatic carbocycles. The zero-order valence-electron chi connectivity index (χ0n) is 10.4. The second-order valence-corrected chi connectivity index (χ2v) is 5.96. The Balaban J connectivity index is 0.000001000. The molecule has 0 radical (unpaired) electrons. The molecule has 0 saturated carbocycles. The summed E-state index contributed by atoms with van der Waals surface area (Å²) in [6.07, 6.45) is 6.10. The van der Waals surface area contributed by atoms with Crippen LogP contribution in [0, 0.1) is 0 Å². The van der Waals surface area contributed by atoms with Crippen molar-refractivity contribution in [3.8, 4) is 0 Å². The summed E-state index contributed by atoms with van der Waals surface area (Å²) in [5.74, 6) is -0.00205. The number of allylic oxidation sites excluding steroid dienone is 1. The third-order valence-corrected chi connectivity index (χ3v) is 4.83. The van der Waals surface area contributed by atoms with Gasteiger partial charge in [-0.1, -0.05) is 0 Å². The summed E-state index contributed by atoms with van der Waals surface area (Å²) in [5.41, 5.74) is 3.25. The summed E-state index contributed by atoms with van der Waals surface area (Å²) in [4.78, 5) is 14.8. The minimum absolute atomic E-state index is 0. The van der Waals surface area contributed by atoms with Crippen LogP contribution in [-0.4, -0.2) is 10.9 Å². The normalized spacial score (nSPS) is 14.5. The first kappa shape index (κ1) is 17.1. The molecular formula is C14H12Cl2N2OTi. The fourth-order valence-corrected chi connectivity index (χ4v) is 3.67. The summed E-state index contributed by atoms with van der Waals surface area (Å²) in [7, 11) is 0. The Kier molecular flexibility index (Phi) is 6.57. The van der Waals surface area contributed by atoms with E-state index in [0.29, 0.717) is 9.92 Å². The maximum atomic E-state index is 11.8. The molecule has 102 valence electrons. The number of benzene rings is 1. The summed E-state index contributed by atoms with van der Waals surface area (Å²) in [6, 6.07) is 12.0. The van der Waals surface area contributed by atoms with E-state index in [0.717, 1.165) is 0 Å². The van der Waals surface area contributed by atoms with Gasteiger partial charge in [0, 0.05) is 0 Å². The van der Waals surface area contributed by atoms with E-state index in [9.17, 15) is 4.79 Å². The van der Waals surface area contributed by atoms with Gasteiger partial charge in [0.05, 0.1) is 0 Å². The Hall–Kier alpha value is -0.996. The molecule has 0 saturated heterocycles. The molecule has 1 aromatic heterocycles. The minimum Gasteiger partial charge on any atom is -1.00 e. The van der Waals surface area contributed by atoms with Crippen LogP contribution in [0.15, 0.2) is 48.7 Å². The number of rotatable bonds is 3. The van der Waals surface area contributed by atoms with E-state index in [1.165, 1.54) is 11.1 Å². The molecule has 0 spiro atoms. The fraction of sp³-hybridized carbons (Fsp3) is 0.0714. The van der Waals surface area contributed by atoms with Gasteiger partial charge >= 0.3 is 115 Å². The molecule has 3 nitrogen and oxygen atoms in total. The first-order valence-electron chi connectivity index (χ1n) is 5.81. The molecule has 1 unspecified atom stereocenters. The van der Waals surface area contributed by atoms with Crippen LogP contribution in [0.5, 0.6) is 0 Å². The Labute approximate surface area is 139 Å². The van der Waals surface area contributed by atoms with Crippen molar-refractivity contribution in [3.63, 3.8) is 0 Å². The van der Waals surface area contributed by atoms with E-state index in [4.69, 9.17) is 0 Å². The summed E-state index contributed by atoms with van der Waals surface area (Å²) >= 11 is -0.564. The van der Waals surface area contributed by atoms with Gasteiger partial charge in [0.2, 0.25) is 0 Å². The molecule has 1 aliphatic rings. The van der Waals surface area contributed by atoms with Crippen LogP contribution in [0.4, 0.5) is 0 Å². The molecule has 1 heterocycles. The molecule has 1 amide bonds. The van der Waals surface area contributed by atoms with E-state index in [1.54, 1.807) is 12.3 Å². The predicted molar refractivity (Wildman–Crippen MR) is 66.5 cm³/mol. The number of hydrogen-bond donors (Lipinski definition) is 2. The molecule has 1 aliphatic carbocycles. The van der Waals surface area contributed by atoms with Crippen molar-refractivity contribution in [1.29, 1.82) is 0 Å². The second-order valence-electron chi connectivity index (χ2n) is 4.15. The topological polar surface area (TPSA) is 44.9 Å². The van der Waals surface area contributed by atoms with Crippen molar-refractivity contribution in [2.45, 2.75) is 4.22 Å². The number of nitrogens with one attached hydrogen (secondary N) is 2. The Bertz CT molecular complexity index is 599. The Morgan fingerprint density at radius 1 is 1.15 bits per heavy atom. The summed E-state index contributed by atoms with van der Waals surface area (Å²) < 4.78 is 3.47. The number of aromatic nitrogens is 1. The zero-order valence-corrected chi connectivity index (χ0v) is 13.5. The van der Waals surface area contributed by atoms with Gasteiger partial charge in [0.1, 0.15) is 0 Å². The largest absolute Gasteiger partial charge is 1.00 e. The van der Waals surface area contributed by atoms with Crippen LogP contribution in [0.2, 0.25) is 0 Å². The van der Waals surface area contributed by atoms with Gasteiger partial charge in [-0.2, -0.15) is 0 Å². The molecule has 3 rings (SSSR count). The van der Waals surface area contributed by atoms with Crippen LogP contribution in [0.25, 0.3) is 6.08 Å². The quantitative estimate of drug-likeness (QED) is 0.559. The molecule has 2 N–H and O–H groups in total. The van der Waals surface area contributed by atoms with Crippen molar-refractivity contribution in [2.24, 2.45) is 0 Å². The molecular weight excluding hydrogens is 331 g/mol. The fourth-order valence-electron chi connectivity index (χ4n) is 2.06. The SMILES string of the molecule is O=C([NH][Ti+2][CH]1C=Cc2ccccc21)c1ccc[nH]1.[Cl-].[Cl-].